The average molecular weight is 422 g/mol. The van der Waals surface area contributed by atoms with Crippen molar-refractivity contribution >= 4 is 27.2 Å². The number of benzene rings is 1. The van der Waals surface area contributed by atoms with E-state index in [1.54, 1.807) is 6.07 Å². The van der Waals surface area contributed by atoms with Crippen molar-refractivity contribution in [2.75, 3.05) is 36.1 Å². The first-order chi connectivity index (χ1) is 13.7. The lowest BCUT2D eigenvalue weighted by molar-refractivity contribution is 0.367. The number of aromatic nitrogens is 2. The van der Waals surface area contributed by atoms with Crippen molar-refractivity contribution in [3.63, 3.8) is 0 Å². The molecule has 1 fully saturated rings. The summed E-state index contributed by atoms with van der Waals surface area (Å²) in [6, 6.07) is 5.85. The van der Waals surface area contributed by atoms with Gasteiger partial charge in [-0.25, -0.2) is 22.8 Å². The molecule has 1 saturated heterocycles. The first-order valence-corrected chi connectivity index (χ1v) is 11.7. The number of nitrogens with zero attached hydrogens (tertiary/aromatic N) is 3. The zero-order valence-corrected chi connectivity index (χ0v) is 17.8. The molecule has 0 aliphatic carbocycles. The van der Waals surface area contributed by atoms with Gasteiger partial charge >= 0.3 is 0 Å². The molecule has 0 unspecified atom stereocenters. The molecular formula is C20H28FN5O2S. The van der Waals surface area contributed by atoms with Gasteiger partial charge in [-0.05, 0) is 63.9 Å². The van der Waals surface area contributed by atoms with Crippen LogP contribution in [0.4, 0.5) is 21.7 Å². The highest BCUT2D eigenvalue weighted by Gasteiger charge is 2.21. The van der Waals surface area contributed by atoms with Crippen LogP contribution in [0.15, 0.2) is 35.5 Å². The van der Waals surface area contributed by atoms with Crippen LogP contribution in [-0.2, 0) is 9.84 Å². The van der Waals surface area contributed by atoms with Crippen molar-refractivity contribution < 1.29 is 12.8 Å². The van der Waals surface area contributed by atoms with Crippen LogP contribution < -0.4 is 15.5 Å². The van der Waals surface area contributed by atoms with E-state index >= 15 is 0 Å². The molecule has 9 heteroatoms. The van der Waals surface area contributed by atoms with Crippen LogP contribution in [0, 0.1) is 11.7 Å². The zero-order valence-electron chi connectivity index (χ0n) is 17.0. The smallest absolute Gasteiger partial charge is 0.175 e. The maximum absolute atomic E-state index is 14.4. The molecule has 0 radical (unpaired) electrons. The lowest BCUT2D eigenvalue weighted by Crippen LogP contribution is -2.40. The van der Waals surface area contributed by atoms with Gasteiger partial charge in [0, 0.05) is 24.9 Å². The Bertz CT molecular complexity index is 946. The fraction of sp³-hybridized carbons (Fsp3) is 0.500. The summed E-state index contributed by atoms with van der Waals surface area (Å²) in [5, 5.41) is 6.32. The summed E-state index contributed by atoms with van der Waals surface area (Å²) >= 11 is 0. The van der Waals surface area contributed by atoms with Gasteiger partial charge in [0.25, 0.3) is 0 Å². The number of hydrogen-bond donors (Lipinski definition) is 2. The fourth-order valence-electron chi connectivity index (χ4n) is 3.45. The van der Waals surface area contributed by atoms with E-state index in [-0.39, 0.29) is 16.6 Å². The summed E-state index contributed by atoms with van der Waals surface area (Å²) < 4.78 is 37.5. The molecular weight excluding hydrogens is 393 g/mol. The van der Waals surface area contributed by atoms with Gasteiger partial charge in [-0.1, -0.05) is 0 Å². The fourth-order valence-corrected chi connectivity index (χ4v) is 4.08. The molecule has 2 N–H and O–H groups in total. The van der Waals surface area contributed by atoms with E-state index in [0.717, 1.165) is 50.6 Å². The number of halogens is 1. The van der Waals surface area contributed by atoms with E-state index in [1.165, 1.54) is 18.5 Å². The second kappa shape index (κ2) is 9.04. The van der Waals surface area contributed by atoms with E-state index in [9.17, 15) is 12.8 Å². The Morgan fingerprint density at radius 2 is 1.97 bits per heavy atom. The predicted octanol–water partition coefficient (Wildman–Crippen LogP) is 2.98. The van der Waals surface area contributed by atoms with Crippen molar-refractivity contribution in [2.45, 2.75) is 37.6 Å². The van der Waals surface area contributed by atoms with Crippen molar-refractivity contribution in [2.24, 2.45) is 5.92 Å². The molecule has 7 nitrogen and oxygen atoms in total. The number of hydrogen-bond acceptors (Lipinski definition) is 7. The molecule has 158 valence electrons. The molecule has 0 saturated carbocycles. The maximum Gasteiger partial charge on any atom is 0.175 e. The largest absolute Gasteiger partial charge is 0.354 e. The van der Waals surface area contributed by atoms with E-state index in [0.29, 0.717) is 11.7 Å². The number of piperidine rings is 1. The average Bonchev–Trinajstić information content (AvgIpc) is 2.67. The minimum absolute atomic E-state index is 0.0584. The van der Waals surface area contributed by atoms with E-state index in [4.69, 9.17) is 0 Å². The molecule has 0 spiro atoms. The van der Waals surface area contributed by atoms with Crippen molar-refractivity contribution in [3.8, 4) is 0 Å². The lowest BCUT2D eigenvalue weighted by atomic mass is 9.97. The molecule has 1 aliphatic rings. The summed E-state index contributed by atoms with van der Waals surface area (Å²) in [4.78, 5) is 10.8. The summed E-state index contributed by atoms with van der Waals surface area (Å²) in [6.45, 7) is 7.23. The molecule has 1 aromatic heterocycles. The molecule has 1 aliphatic heterocycles. The number of rotatable bonds is 7. The monoisotopic (exact) mass is 421 g/mol. The molecule has 1 aromatic carbocycles. The molecule has 2 heterocycles. The second-order valence-electron chi connectivity index (χ2n) is 7.74. The topological polar surface area (TPSA) is 87.2 Å². The van der Waals surface area contributed by atoms with Crippen LogP contribution in [0.5, 0.6) is 0 Å². The third-order valence-electron chi connectivity index (χ3n) is 5.12. The van der Waals surface area contributed by atoms with Crippen molar-refractivity contribution in [1.29, 1.82) is 0 Å². The van der Waals surface area contributed by atoms with Gasteiger partial charge in [0.05, 0.1) is 10.6 Å². The van der Waals surface area contributed by atoms with Crippen LogP contribution in [0.3, 0.4) is 0 Å². The minimum atomic E-state index is -3.46. The van der Waals surface area contributed by atoms with E-state index < -0.39 is 15.7 Å². The van der Waals surface area contributed by atoms with Gasteiger partial charge in [-0.2, -0.15) is 0 Å². The minimum Gasteiger partial charge on any atom is -0.354 e. The van der Waals surface area contributed by atoms with E-state index in [2.05, 4.69) is 39.3 Å². The Morgan fingerprint density at radius 3 is 2.59 bits per heavy atom. The highest BCUT2D eigenvalue weighted by atomic mass is 32.2. The molecule has 3 rings (SSSR count). The molecule has 0 atom stereocenters. The van der Waals surface area contributed by atoms with E-state index in [1.807, 2.05) is 0 Å². The second-order valence-corrected chi connectivity index (χ2v) is 9.76. The van der Waals surface area contributed by atoms with Crippen molar-refractivity contribution in [3.05, 3.63) is 36.4 Å². The third-order valence-corrected chi connectivity index (χ3v) is 6.23. The Labute approximate surface area is 171 Å². The maximum atomic E-state index is 14.4. The highest BCUT2D eigenvalue weighted by Crippen LogP contribution is 2.25. The molecule has 0 amide bonds. The number of sulfone groups is 1. The summed E-state index contributed by atoms with van der Waals surface area (Å²) in [5.74, 6) is 1.19. The van der Waals surface area contributed by atoms with Crippen LogP contribution >= 0.6 is 0 Å². The lowest BCUT2D eigenvalue weighted by Gasteiger charge is -2.33. The van der Waals surface area contributed by atoms with Gasteiger partial charge < -0.3 is 15.5 Å². The Kier molecular flexibility index (Phi) is 6.69. The van der Waals surface area contributed by atoms with Crippen LogP contribution in [0.1, 0.15) is 26.7 Å². The number of nitrogens with one attached hydrogen (secondary N) is 2. The normalized spacial score (nSPS) is 15.5. The Hall–Kier alpha value is -2.26. The SMILES string of the molecule is CC(C)N(CC1CCNCC1)c1cc(Nc2ccc(S(C)(=O)=O)cc2F)ncn1. The summed E-state index contributed by atoms with van der Waals surface area (Å²) in [7, 11) is -3.46. The highest BCUT2D eigenvalue weighted by molar-refractivity contribution is 7.90. The van der Waals surface area contributed by atoms with Gasteiger partial charge in [0.2, 0.25) is 0 Å². The first kappa shape index (κ1) is 21.4. The van der Waals surface area contributed by atoms with Crippen LogP contribution in [0.2, 0.25) is 0 Å². The van der Waals surface area contributed by atoms with Gasteiger partial charge in [0.15, 0.2) is 9.84 Å². The number of anilines is 3. The molecule has 29 heavy (non-hydrogen) atoms. The quantitative estimate of drug-likeness (QED) is 0.711. The Balaban J connectivity index is 1.79. The first-order valence-electron chi connectivity index (χ1n) is 9.80. The van der Waals surface area contributed by atoms with Crippen LogP contribution in [-0.4, -0.2) is 50.3 Å². The third kappa shape index (κ3) is 5.63. The summed E-state index contributed by atoms with van der Waals surface area (Å²) in [5.41, 5.74) is 0.163. The van der Waals surface area contributed by atoms with Gasteiger partial charge in [-0.3, -0.25) is 0 Å². The molecule has 0 bridgehead atoms. The van der Waals surface area contributed by atoms with Crippen molar-refractivity contribution in [1.82, 2.24) is 15.3 Å². The van der Waals surface area contributed by atoms with Crippen LogP contribution in [0.25, 0.3) is 0 Å². The van der Waals surface area contributed by atoms with Gasteiger partial charge in [-0.15, -0.1) is 0 Å². The van der Waals surface area contributed by atoms with Gasteiger partial charge in [0.1, 0.15) is 23.8 Å². The zero-order chi connectivity index (χ0) is 21.0. The standard InChI is InChI=1S/C20H28FN5O2S/c1-14(2)26(12-15-6-8-22-9-7-15)20-11-19(23-13-24-20)25-18-5-4-16(10-17(18)21)29(3,27)28/h4-5,10-11,13-15,22H,6-9,12H2,1-3H3,(H,23,24,25). The summed E-state index contributed by atoms with van der Waals surface area (Å²) in [6.07, 6.45) is 4.78. The predicted molar refractivity (Wildman–Crippen MR) is 113 cm³/mol. The molecule has 2 aromatic rings. The Morgan fingerprint density at radius 1 is 1.24 bits per heavy atom.